The third kappa shape index (κ3) is 3.73. The van der Waals surface area contributed by atoms with E-state index in [4.69, 9.17) is 0 Å². The van der Waals surface area contributed by atoms with Gasteiger partial charge in [-0.3, -0.25) is 0 Å². The van der Waals surface area contributed by atoms with Crippen LogP contribution in [0.1, 0.15) is 17.5 Å². The summed E-state index contributed by atoms with van der Waals surface area (Å²) in [6.45, 7) is -0.432. The quantitative estimate of drug-likeness (QED) is 0.860. The van der Waals surface area contributed by atoms with Gasteiger partial charge in [-0.15, -0.1) is 0 Å². The van der Waals surface area contributed by atoms with Gasteiger partial charge in [-0.2, -0.15) is 13.2 Å². The molecule has 1 aromatic rings. The van der Waals surface area contributed by atoms with Crippen LogP contribution in [0.4, 0.5) is 13.2 Å². The van der Waals surface area contributed by atoms with E-state index >= 15 is 0 Å². The number of hydrogen-bond donors (Lipinski definition) is 1. The molecule has 0 fully saturated rings. The lowest BCUT2D eigenvalue weighted by atomic mass is 9.84. The molecule has 0 saturated carbocycles. The zero-order valence-corrected chi connectivity index (χ0v) is 9.56. The molecule has 1 aliphatic carbocycles. The summed E-state index contributed by atoms with van der Waals surface area (Å²) in [7, 11) is 0. The minimum atomic E-state index is -4.10. The molecule has 0 aliphatic heterocycles. The highest BCUT2D eigenvalue weighted by Crippen LogP contribution is 2.25. The van der Waals surface area contributed by atoms with Crippen molar-refractivity contribution in [2.24, 2.45) is 5.92 Å². The lowest BCUT2D eigenvalue weighted by molar-refractivity contribution is -0.125. The van der Waals surface area contributed by atoms with Crippen LogP contribution in [0.2, 0.25) is 0 Å². The molecule has 0 heterocycles. The van der Waals surface area contributed by atoms with E-state index < -0.39 is 12.7 Å². The highest BCUT2D eigenvalue weighted by molar-refractivity contribution is 5.29. The van der Waals surface area contributed by atoms with Crippen LogP contribution in [0.5, 0.6) is 0 Å². The molecule has 1 atom stereocenters. The van der Waals surface area contributed by atoms with Crippen molar-refractivity contribution in [2.75, 3.05) is 13.1 Å². The van der Waals surface area contributed by atoms with Crippen molar-refractivity contribution in [1.29, 1.82) is 0 Å². The average molecular weight is 243 g/mol. The molecule has 1 nitrogen and oxygen atoms in total. The van der Waals surface area contributed by atoms with E-state index in [0.29, 0.717) is 12.5 Å². The molecular weight excluding hydrogens is 227 g/mol. The number of benzene rings is 1. The summed E-state index contributed by atoms with van der Waals surface area (Å²) < 4.78 is 36.0. The van der Waals surface area contributed by atoms with Crippen LogP contribution in [0.15, 0.2) is 24.3 Å². The Hall–Kier alpha value is -1.03. The Kier molecular flexibility index (Phi) is 3.72. The molecule has 1 aliphatic rings. The maximum Gasteiger partial charge on any atom is 0.401 e. The van der Waals surface area contributed by atoms with Gasteiger partial charge < -0.3 is 5.32 Å². The van der Waals surface area contributed by atoms with Crippen LogP contribution in [0.25, 0.3) is 0 Å². The summed E-state index contributed by atoms with van der Waals surface area (Å²) in [6.07, 6.45) is -1.26. The first kappa shape index (κ1) is 12.4. The summed E-state index contributed by atoms with van der Waals surface area (Å²) in [5.41, 5.74) is 2.64. The smallest absolute Gasteiger partial charge is 0.308 e. The molecule has 1 aromatic carbocycles. The van der Waals surface area contributed by atoms with Crippen molar-refractivity contribution in [1.82, 2.24) is 5.32 Å². The van der Waals surface area contributed by atoms with Gasteiger partial charge >= 0.3 is 6.18 Å². The number of hydrogen-bond acceptors (Lipinski definition) is 1. The number of fused-ring (bicyclic) bond motifs is 1. The van der Waals surface area contributed by atoms with E-state index in [2.05, 4.69) is 17.4 Å². The van der Waals surface area contributed by atoms with Gasteiger partial charge in [0.1, 0.15) is 0 Å². The standard InChI is InChI=1S/C13H16F3N/c14-13(15,16)9-17-8-10-5-6-11-3-1-2-4-12(11)7-10/h1-4,10,17H,5-9H2. The van der Waals surface area contributed by atoms with Gasteiger partial charge in [0.05, 0.1) is 6.54 Å². The topological polar surface area (TPSA) is 12.0 Å². The Morgan fingerprint density at radius 3 is 2.59 bits per heavy atom. The van der Waals surface area contributed by atoms with E-state index in [1.54, 1.807) is 0 Å². The number of aryl methyl sites for hydroxylation is 1. The van der Waals surface area contributed by atoms with Gasteiger partial charge in [0.2, 0.25) is 0 Å². The summed E-state index contributed by atoms with van der Waals surface area (Å²) in [5.74, 6) is 0.326. The average Bonchev–Trinajstić information content (AvgIpc) is 2.27. The molecule has 1 N–H and O–H groups in total. The number of halogens is 3. The van der Waals surface area contributed by atoms with Crippen molar-refractivity contribution < 1.29 is 13.2 Å². The molecule has 0 spiro atoms. The van der Waals surface area contributed by atoms with Crippen molar-refractivity contribution in [3.8, 4) is 0 Å². The number of alkyl halides is 3. The van der Waals surface area contributed by atoms with Crippen LogP contribution in [0.3, 0.4) is 0 Å². The Labute approximate surface area is 99.0 Å². The Morgan fingerprint density at radius 1 is 1.18 bits per heavy atom. The van der Waals surface area contributed by atoms with E-state index in [1.807, 2.05) is 12.1 Å². The van der Waals surface area contributed by atoms with Gasteiger partial charge in [-0.25, -0.2) is 0 Å². The molecule has 17 heavy (non-hydrogen) atoms. The minimum absolute atomic E-state index is 0.326. The van der Waals surface area contributed by atoms with E-state index in [0.717, 1.165) is 19.3 Å². The zero-order valence-electron chi connectivity index (χ0n) is 9.56. The predicted molar refractivity (Wildman–Crippen MR) is 60.9 cm³/mol. The van der Waals surface area contributed by atoms with Crippen LogP contribution >= 0.6 is 0 Å². The molecule has 0 bridgehead atoms. The van der Waals surface area contributed by atoms with Crippen LogP contribution < -0.4 is 5.32 Å². The van der Waals surface area contributed by atoms with E-state index in [9.17, 15) is 13.2 Å². The molecule has 2 rings (SSSR count). The summed E-state index contributed by atoms with van der Waals surface area (Å²) >= 11 is 0. The second kappa shape index (κ2) is 5.08. The predicted octanol–water partition coefficient (Wildman–Crippen LogP) is 2.94. The van der Waals surface area contributed by atoms with Crippen molar-refractivity contribution in [3.05, 3.63) is 35.4 Å². The fourth-order valence-corrected chi connectivity index (χ4v) is 2.37. The first-order valence-corrected chi connectivity index (χ1v) is 5.89. The highest BCUT2D eigenvalue weighted by Gasteiger charge is 2.27. The molecule has 0 saturated heterocycles. The minimum Gasteiger partial charge on any atom is -0.308 e. The number of rotatable bonds is 3. The molecular formula is C13H16F3N. The van der Waals surface area contributed by atoms with E-state index in [-0.39, 0.29) is 0 Å². The second-order valence-electron chi connectivity index (χ2n) is 4.62. The lowest BCUT2D eigenvalue weighted by Gasteiger charge is -2.25. The van der Waals surface area contributed by atoms with Crippen molar-refractivity contribution in [3.63, 3.8) is 0 Å². The van der Waals surface area contributed by atoms with Crippen LogP contribution in [-0.4, -0.2) is 19.3 Å². The first-order valence-electron chi connectivity index (χ1n) is 5.89. The van der Waals surface area contributed by atoms with Gasteiger partial charge in [-0.1, -0.05) is 24.3 Å². The summed E-state index contributed by atoms with van der Waals surface area (Å²) in [4.78, 5) is 0. The SMILES string of the molecule is FC(F)(F)CNCC1CCc2ccccc2C1. The Bertz CT molecular complexity index is 373. The van der Waals surface area contributed by atoms with Gasteiger partial charge in [0, 0.05) is 0 Å². The molecule has 94 valence electrons. The molecule has 1 unspecified atom stereocenters. The third-order valence-corrected chi connectivity index (χ3v) is 3.21. The maximum atomic E-state index is 12.0. The molecule has 0 radical (unpaired) electrons. The Morgan fingerprint density at radius 2 is 1.88 bits per heavy atom. The number of nitrogens with one attached hydrogen (secondary N) is 1. The fourth-order valence-electron chi connectivity index (χ4n) is 2.37. The molecule has 4 heteroatoms. The van der Waals surface area contributed by atoms with Gasteiger partial charge in [0.25, 0.3) is 0 Å². The normalized spacial score (nSPS) is 20.1. The van der Waals surface area contributed by atoms with Crippen molar-refractivity contribution >= 4 is 0 Å². The summed E-state index contributed by atoms with van der Waals surface area (Å²) in [5, 5.41) is 2.50. The highest BCUT2D eigenvalue weighted by atomic mass is 19.4. The zero-order chi connectivity index (χ0) is 12.3. The largest absolute Gasteiger partial charge is 0.401 e. The van der Waals surface area contributed by atoms with Crippen LogP contribution in [0, 0.1) is 5.92 Å². The Balaban J connectivity index is 1.82. The fraction of sp³-hybridized carbons (Fsp3) is 0.538. The summed E-state index contributed by atoms with van der Waals surface area (Å²) in [6, 6.07) is 8.19. The molecule has 0 amide bonds. The maximum absolute atomic E-state index is 12.0. The van der Waals surface area contributed by atoms with Gasteiger partial charge in [-0.05, 0) is 42.9 Å². The third-order valence-electron chi connectivity index (χ3n) is 3.21. The molecule has 0 aromatic heterocycles. The first-order chi connectivity index (χ1) is 8.04. The van der Waals surface area contributed by atoms with E-state index in [1.165, 1.54) is 11.1 Å². The van der Waals surface area contributed by atoms with Crippen LogP contribution in [-0.2, 0) is 12.8 Å². The lowest BCUT2D eigenvalue weighted by Crippen LogP contribution is -2.34. The van der Waals surface area contributed by atoms with Gasteiger partial charge in [0.15, 0.2) is 0 Å². The monoisotopic (exact) mass is 243 g/mol. The van der Waals surface area contributed by atoms with Crippen molar-refractivity contribution in [2.45, 2.75) is 25.4 Å². The second-order valence-corrected chi connectivity index (χ2v) is 4.62.